The molecule has 0 aliphatic heterocycles. The highest BCUT2D eigenvalue weighted by atomic mass is 19.1. The summed E-state index contributed by atoms with van der Waals surface area (Å²) in [6, 6.07) is 15.8. The lowest BCUT2D eigenvalue weighted by molar-refractivity contribution is 0.0945. The Morgan fingerprint density at radius 3 is 2.19 bits per heavy atom. The number of anilines is 1. The van der Waals surface area contributed by atoms with E-state index < -0.39 is 17.6 Å². The summed E-state index contributed by atoms with van der Waals surface area (Å²) in [5.74, 6) is -2.05. The average molecular weight is 367 g/mol. The Kier molecular flexibility index (Phi) is 5.51. The molecule has 7 heteroatoms. The van der Waals surface area contributed by atoms with E-state index in [-0.39, 0.29) is 29.4 Å². The number of benzene rings is 2. The Hall–Kier alpha value is -3.61. The fraction of sp³-hybridized carbons (Fsp3) is 0.0500. The lowest BCUT2D eigenvalue weighted by atomic mass is 10.2. The number of nitrogens with zero attached hydrogens (tertiary/aromatic N) is 1. The molecule has 3 aromatic rings. The quantitative estimate of drug-likeness (QED) is 0.725. The zero-order valence-electron chi connectivity index (χ0n) is 14.1. The number of rotatable bonds is 5. The first kappa shape index (κ1) is 18.2. The summed E-state index contributed by atoms with van der Waals surface area (Å²) in [6.07, 6.45) is 0. The number of hydrogen-bond donors (Lipinski definition) is 2. The van der Waals surface area contributed by atoms with E-state index in [1.54, 1.807) is 18.2 Å². The molecule has 0 unspecified atom stereocenters. The SMILES string of the molecule is O=C(NCc1ccc(F)cc1)c1cccc(C(=O)Nc2ccccc2F)n1. The van der Waals surface area contributed by atoms with Crippen LogP contribution < -0.4 is 10.6 Å². The predicted octanol–water partition coefficient (Wildman–Crippen LogP) is 3.54. The average Bonchev–Trinajstić information content (AvgIpc) is 2.69. The fourth-order valence-corrected chi connectivity index (χ4v) is 2.31. The number of carbonyl (C=O) groups excluding carboxylic acids is 2. The third kappa shape index (κ3) is 4.72. The molecule has 0 saturated carbocycles. The van der Waals surface area contributed by atoms with Crippen molar-refractivity contribution in [1.82, 2.24) is 10.3 Å². The predicted molar refractivity (Wildman–Crippen MR) is 96.2 cm³/mol. The van der Waals surface area contributed by atoms with Crippen molar-refractivity contribution in [1.29, 1.82) is 0 Å². The largest absolute Gasteiger partial charge is 0.347 e. The summed E-state index contributed by atoms with van der Waals surface area (Å²) in [5.41, 5.74) is 0.764. The highest BCUT2D eigenvalue weighted by molar-refractivity contribution is 6.03. The smallest absolute Gasteiger partial charge is 0.274 e. The number of carbonyl (C=O) groups is 2. The third-order valence-electron chi connectivity index (χ3n) is 3.70. The molecule has 1 heterocycles. The molecule has 3 rings (SSSR count). The molecule has 0 bridgehead atoms. The van der Waals surface area contributed by atoms with E-state index in [1.165, 1.54) is 48.5 Å². The van der Waals surface area contributed by atoms with E-state index in [9.17, 15) is 18.4 Å². The maximum absolute atomic E-state index is 13.6. The second-order valence-electron chi connectivity index (χ2n) is 5.65. The first-order valence-corrected chi connectivity index (χ1v) is 8.08. The molecule has 1 aromatic heterocycles. The van der Waals surface area contributed by atoms with Crippen molar-refractivity contribution < 1.29 is 18.4 Å². The summed E-state index contributed by atoms with van der Waals surface area (Å²) < 4.78 is 26.5. The molecular weight excluding hydrogens is 352 g/mol. The third-order valence-corrected chi connectivity index (χ3v) is 3.70. The summed E-state index contributed by atoms with van der Waals surface area (Å²) in [6.45, 7) is 0.187. The number of hydrogen-bond acceptors (Lipinski definition) is 3. The molecule has 136 valence electrons. The topological polar surface area (TPSA) is 71.1 Å². The van der Waals surface area contributed by atoms with Gasteiger partial charge in [0.05, 0.1) is 5.69 Å². The monoisotopic (exact) mass is 367 g/mol. The summed E-state index contributed by atoms with van der Waals surface area (Å²) in [4.78, 5) is 28.5. The molecule has 0 saturated heterocycles. The Bertz CT molecular complexity index is 975. The molecule has 5 nitrogen and oxygen atoms in total. The first-order valence-electron chi connectivity index (χ1n) is 8.08. The molecule has 0 fully saturated rings. The van der Waals surface area contributed by atoms with E-state index in [0.717, 1.165) is 5.56 Å². The minimum absolute atomic E-state index is 0.0207. The Morgan fingerprint density at radius 1 is 0.815 bits per heavy atom. The molecule has 2 aromatic carbocycles. The first-order chi connectivity index (χ1) is 13.0. The van der Waals surface area contributed by atoms with Gasteiger partial charge >= 0.3 is 0 Å². The van der Waals surface area contributed by atoms with Crippen molar-refractivity contribution >= 4 is 17.5 Å². The van der Waals surface area contributed by atoms with E-state index in [2.05, 4.69) is 15.6 Å². The molecule has 2 amide bonds. The van der Waals surface area contributed by atoms with Crippen LogP contribution in [0.15, 0.2) is 66.7 Å². The van der Waals surface area contributed by atoms with Crippen molar-refractivity contribution in [3.8, 4) is 0 Å². The molecular formula is C20H15F2N3O2. The number of pyridine rings is 1. The minimum atomic E-state index is -0.631. The highest BCUT2D eigenvalue weighted by Crippen LogP contribution is 2.13. The highest BCUT2D eigenvalue weighted by Gasteiger charge is 2.13. The van der Waals surface area contributed by atoms with Gasteiger partial charge in [-0.15, -0.1) is 0 Å². The van der Waals surface area contributed by atoms with Crippen molar-refractivity contribution in [2.75, 3.05) is 5.32 Å². The standard InChI is InChI=1S/C20H15F2N3O2/c21-14-10-8-13(9-11-14)12-23-19(26)17-6-3-7-18(24-17)20(27)25-16-5-2-1-4-15(16)22/h1-11H,12H2,(H,23,26)(H,25,27). The van der Waals surface area contributed by atoms with Crippen LogP contribution in [-0.4, -0.2) is 16.8 Å². The zero-order valence-corrected chi connectivity index (χ0v) is 14.1. The van der Waals surface area contributed by atoms with Crippen LogP contribution in [0.3, 0.4) is 0 Å². The van der Waals surface area contributed by atoms with Gasteiger partial charge in [-0.25, -0.2) is 13.8 Å². The van der Waals surface area contributed by atoms with Gasteiger partial charge in [-0.2, -0.15) is 0 Å². The molecule has 0 aliphatic rings. The summed E-state index contributed by atoms with van der Waals surface area (Å²) in [5, 5.41) is 5.06. The van der Waals surface area contributed by atoms with Crippen LogP contribution in [-0.2, 0) is 6.54 Å². The number of nitrogens with one attached hydrogen (secondary N) is 2. The molecule has 27 heavy (non-hydrogen) atoms. The van der Waals surface area contributed by atoms with Crippen molar-refractivity contribution in [3.05, 3.63) is 95.3 Å². The Balaban J connectivity index is 1.67. The molecule has 0 aliphatic carbocycles. The van der Waals surface area contributed by atoms with Crippen LogP contribution in [0.4, 0.5) is 14.5 Å². The molecule has 0 radical (unpaired) electrons. The van der Waals surface area contributed by atoms with E-state index in [4.69, 9.17) is 0 Å². The van der Waals surface area contributed by atoms with Crippen LogP contribution in [0.25, 0.3) is 0 Å². The van der Waals surface area contributed by atoms with Gasteiger partial charge < -0.3 is 10.6 Å². The van der Waals surface area contributed by atoms with Gasteiger partial charge in [0.1, 0.15) is 23.0 Å². The number of para-hydroxylation sites is 1. The van der Waals surface area contributed by atoms with Gasteiger partial charge in [0, 0.05) is 6.54 Å². The van der Waals surface area contributed by atoms with Gasteiger partial charge in [0.2, 0.25) is 0 Å². The van der Waals surface area contributed by atoms with E-state index in [0.29, 0.717) is 0 Å². The van der Waals surface area contributed by atoms with Crippen molar-refractivity contribution in [2.45, 2.75) is 6.54 Å². The number of amides is 2. The number of halogens is 2. The van der Waals surface area contributed by atoms with Gasteiger partial charge in [0.25, 0.3) is 11.8 Å². The Morgan fingerprint density at radius 2 is 1.48 bits per heavy atom. The van der Waals surface area contributed by atoms with Gasteiger partial charge in [-0.3, -0.25) is 9.59 Å². The summed E-state index contributed by atoms with van der Waals surface area (Å²) in [7, 11) is 0. The molecule has 0 atom stereocenters. The maximum Gasteiger partial charge on any atom is 0.274 e. The van der Waals surface area contributed by atoms with Crippen LogP contribution in [0.1, 0.15) is 26.5 Å². The molecule has 0 spiro atoms. The lowest BCUT2D eigenvalue weighted by Crippen LogP contribution is -2.25. The normalized spacial score (nSPS) is 10.3. The number of aromatic nitrogens is 1. The fourth-order valence-electron chi connectivity index (χ4n) is 2.31. The van der Waals surface area contributed by atoms with E-state index in [1.807, 2.05) is 0 Å². The second-order valence-corrected chi connectivity index (χ2v) is 5.65. The molecule has 2 N–H and O–H groups in total. The van der Waals surface area contributed by atoms with Crippen LogP contribution in [0.2, 0.25) is 0 Å². The van der Waals surface area contributed by atoms with Gasteiger partial charge in [0.15, 0.2) is 0 Å². The van der Waals surface area contributed by atoms with E-state index >= 15 is 0 Å². The zero-order chi connectivity index (χ0) is 19.2. The van der Waals surface area contributed by atoms with Crippen molar-refractivity contribution in [2.24, 2.45) is 0 Å². The van der Waals surface area contributed by atoms with Crippen LogP contribution in [0, 0.1) is 11.6 Å². The maximum atomic E-state index is 13.6. The summed E-state index contributed by atoms with van der Waals surface area (Å²) >= 11 is 0. The van der Waals surface area contributed by atoms with Crippen LogP contribution >= 0.6 is 0 Å². The Labute approximate surface area is 154 Å². The minimum Gasteiger partial charge on any atom is -0.347 e. The second kappa shape index (κ2) is 8.18. The van der Waals surface area contributed by atoms with Gasteiger partial charge in [-0.1, -0.05) is 30.3 Å². The van der Waals surface area contributed by atoms with Crippen molar-refractivity contribution in [3.63, 3.8) is 0 Å². The van der Waals surface area contributed by atoms with Gasteiger partial charge in [-0.05, 0) is 42.0 Å². The lowest BCUT2D eigenvalue weighted by Gasteiger charge is -2.08. The van der Waals surface area contributed by atoms with Crippen LogP contribution in [0.5, 0.6) is 0 Å².